The minimum atomic E-state index is -0.698. The SMILES string of the molecule is CCn1nc(C)cc1C(=O)N=c1sc2cc(F)cc(F)c2n1CCOC. The predicted molar refractivity (Wildman–Crippen MR) is 94.1 cm³/mol. The molecule has 0 N–H and O–H groups in total. The van der Waals surface area contributed by atoms with Crippen molar-refractivity contribution in [1.82, 2.24) is 14.3 Å². The Morgan fingerprint density at radius 3 is 2.81 bits per heavy atom. The molecular formula is C17H18F2N4O2S. The average Bonchev–Trinajstić information content (AvgIpc) is 3.12. The number of carbonyl (C=O) groups is 1. The molecule has 0 bridgehead atoms. The van der Waals surface area contributed by atoms with Gasteiger partial charge in [0.05, 0.1) is 22.5 Å². The van der Waals surface area contributed by atoms with Gasteiger partial charge in [0.2, 0.25) is 0 Å². The molecule has 0 aliphatic carbocycles. The molecule has 1 amide bonds. The Balaban J connectivity index is 2.17. The molecule has 0 unspecified atom stereocenters. The van der Waals surface area contributed by atoms with Crippen LogP contribution < -0.4 is 4.80 Å². The van der Waals surface area contributed by atoms with Gasteiger partial charge in [-0.25, -0.2) is 8.78 Å². The highest BCUT2D eigenvalue weighted by atomic mass is 32.1. The second kappa shape index (κ2) is 7.46. The minimum absolute atomic E-state index is 0.208. The van der Waals surface area contributed by atoms with Gasteiger partial charge in [0.15, 0.2) is 10.6 Å². The van der Waals surface area contributed by atoms with Gasteiger partial charge in [-0.05, 0) is 26.0 Å². The van der Waals surface area contributed by atoms with Crippen molar-refractivity contribution in [1.29, 1.82) is 0 Å². The second-order valence-electron chi connectivity index (χ2n) is 5.67. The van der Waals surface area contributed by atoms with Crippen LogP contribution >= 0.6 is 11.3 Å². The van der Waals surface area contributed by atoms with E-state index in [2.05, 4.69) is 10.1 Å². The summed E-state index contributed by atoms with van der Waals surface area (Å²) in [4.78, 5) is 17.1. The topological polar surface area (TPSA) is 61.4 Å². The summed E-state index contributed by atoms with van der Waals surface area (Å²) in [5.74, 6) is -1.85. The lowest BCUT2D eigenvalue weighted by Gasteiger charge is -2.05. The van der Waals surface area contributed by atoms with E-state index in [-0.39, 0.29) is 16.9 Å². The fourth-order valence-electron chi connectivity index (χ4n) is 2.71. The van der Waals surface area contributed by atoms with Crippen molar-refractivity contribution in [2.75, 3.05) is 13.7 Å². The number of rotatable bonds is 5. The molecule has 138 valence electrons. The number of carbonyl (C=O) groups excluding carboxylic acids is 1. The van der Waals surface area contributed by atoms with Crippen LogP contribution in [0.25, 0.3) is 10.2 Å². The van der Waals surface area contributed by atoms with Crippen LogP contribution in [0.15, 0.2) is 23.2 Å². The van der Waals surface area contributed by atoms with Gasteiger partial charge in [-0.15, -0.1) is 0 Å². The lowest BCUT2D eigenvalue weighted by molar-refractivity contribution is 0.0987. The lowest BCUT2D eigenvalue weighted by Crippen LogP contribution is -2.20. The van der Waals surface area contributed by atoms with E-state index in [1.54, 1.807) is 17.7 Å². The standard InChI is InChI=1S/C17H18F2N4O2S/c1-4-23-13(7-10(2)21-23)16(24)20-17-22(5-6-25-3)15-12(19)8-11(18)9-14(15)26-17/h7-9H,4-6H2,1-3H3. The van der Waals surface area contributed by atoms with E-state index in [0.717, 1.165) is 17.4 Å². The molecule has 1 aromatic carbocycles. The molecule has 0 atom stereocenters. The van der Waals surface area contributed by atoms with E-state index in [1.807, 2.05) is 6.92 Å². The highest BCUT2D eigenvalue weighted by Crippen LogP contribution is 2.22. The number of halogens is 2. The van der Waals surface area contributed by atoms with Crippen molar-refractivity contribution in [2.24, 2.45) is 4.99 Å². The van der Waals surface area contributed by atoms with Gasteiger partial charge in [0, 0.05) is 26.3 Å². The van der Waals surface area contributed by atoms with Crippen LogP contribution in [0.5, 0.6) is 0 Å². The molecule has 0 saturated heterocycles. The van der Waals surface area contributed by atoms with Gasteiger partial charge in [-0.3, -0.25) is 9.48 Å². The average molecular weight is 380 g/mol. The van der Waals surface area contributed by atoms with E-state index in [9.17, 15) is 13.6 Å². The molecule has 0 aliphatic heterocycles. The van der Waals surface area contributed by atoms with Crippen LogP contribution in [0, 0.1) is 18.6 Å². The Morgan fingerprint density at radius 1 is 1.35 bits per heavy atom. The summed E-state index contributed by atoms with van der Waals surface area (Å²) in [6.07, 6.45) is 0. The fourth-order valence-corrected chi connectivity index (χ4v) is 3.80. The summed E-state index contributed by atoms with van der Waals surface area (Å²) < 4.78 is 36.4. The van der Waals surface area contributed by atoms with Crippen LogP contribution in [0.3, 0.4) is 0 Å². The third-order valence-electron chi connectivity index (χ3n) is 3.83. The molecule has 0 saturated carbocycles. The van der Waals surface area contributed by atoms with Gasteiger partial charge >= 0.3 is 0 Å². The Kier molecular flexibility index (Phi) is 5.28. The van der Waals surface area contributed by atoms with Crippen molar-refractivity contribution >= 4 is 27.5 Å². The number of ether oxygens (including phenoxy) is 1. The fraction of sp³-hybridized carbons (Fsp3) is 0.353. The molecule has 3 aromatic rings. The molecule has 2 aromatic heterocycles. The second-order valence-corrected chi connectivity index (χ2v) is 6.68. The Morgan fingerprint density at radius 2 is 2.12 bits per heavy atom. The molecule has 0 radical (unpaired) electrons. The Hall–Kier alpha value is -2.39. The predicted octanol–water partition coefficient (Wildman–Crippen LogP) is 2.89. The van der Waals surface area contributed by atoms with E-state index in [0.29, 0.717) is 29.2 Å². The number of fused-ring (bicyclic) bond motifs is 1. The third-order valence-corrected chi connectivity index (χ3v) is 4.86. The zero-order valence-corrected chi connectivity index (χ0v) is 15.4. The molecule has 2 heterocycles. The highest BCUT2D eigenvalue weighted by Gasteiger charge is 2.16. The van der Waals surface area contributed by atoms with Crippen LogP contribution in [0.2, 0.25) is 0 Å². The van der Waals surface area contributed by atoms with Crippen LogP contribution in [-0.2, 0) is 17.8 Å². The maximum Gasteiger partial charge on any atom is 0.297 e. The number of aryl methyl sites for hydroxylation is 2. The van der Waals surface area contributed by atoms with E-state index >= 15 is 0 Å². The van der Waals surface area contributed by atoms with Crippen molar-refractivity contribution in [3.63, 3.8) is 0 Å². The van der Waals surface area contributed by atoms with Gasteiger partial charge in [0.25, 0.3) is 5.91 Å². The molecule has 9 heteroatoms. The molecule has 6 nitrogen and oxygen atoms in total. The molecule has 26 heavy (non-hydrogen) atoms. The van der Waals surface area contributed by atoms with Crippen molar-refractivity contribution < 1.29 is 18.3 Å². The van der Waals surface area contributed by atoms with E-state index in [4.69, 9.17) is 4.74 Å². The molecular weight excluding hydrogens is 362 g/mol. The van der Waals surface area contributed by atoms with Crippen LogP contribution in [0.4, 0.5) is 8.78 Å². The number of aromatic nitrogens is 3. The molecule has 3 rings (SSSR count). The Bertz CT molecular complexity index is 1040. The lowest BCUT2D eigenvalue weighted by atomic mass is 10.3. The van der Waals surface area contributed by atoms with Crippen molar-refractivity contribution in [3.8, 4) is 0 Å². The normalized spacial score (nSPS) is 12.3. The van der Waals surface area contributed by atoms with Crippen molar-refractivity contribution in [2.45, 2.75) is 26.9 Å². The van der Waals surface area contributed by atoms with Gasteiger partial charge in [-0.1, -0.05) is 11.3 Å². The first kappa shape index (κ1) is 18.4. The summed E-state index contributed by atoms with van der Waals surface area (Å²) in [6.45, 7) is 4.78. The number of hydrogen-bond acceptors (Lipinski definition) is 4. The minimum Gasteiger partial charge on any atom is -0.383 e. The molecule has 0 aliphatic rings. The number of nitrogens with zero attached hydrogens (tertiary/aromatic N) is 4. The summed E-state index contributed by atoms with van der Waals surface area (Å²) in [5.41, 5.74) is 1.27. The maximum absolute atomic E-state index is 14.3. The summed E-state index contributed by atoms with van der Waals surface area (Å²) in [7, 11) is 1.52. The summed E-state index contributed by atoms with van der Waals surface area (Å²) in [5, 5.41) is 4.24. The van der Waals surface area contributed by atoms with Crippen LogP contribution in [0.1, 0.15) is 23.1 Å². The number of thiazole rings is 1. The van der Waals surface area contributed by atoms with Gasteiger partial charge < -0.3 is 9.30 Å². The molecule has 0 fully saturated rings. The largest absolute Gasteiger partial charge is 0.383 e. The molecule has 0 spiro atoms. The zero-order valence-electron chi connectivity index (χ0n) is 14.6. The van der Waals surface area contributed by atoms with Gasteiger partial charge in [0.1, 0.15) is 11.5 Å². The van der Waals surface area contributed by atoms with Crippen LogP contribution in [-0.4, -0.2) is 34.0 Å². The number of methoxy groups -OCH3 is 1. The Labute approximate surface area is 152 Å². The smallest absolute Gasteiger partial charge is 0.297 e. The van der Waals surface area contributed by atoms with E-state index < -0.39 is 17.5 Å². The monoisotopic (exact) mass is 380 g/mol. The first-order valence-corrected chi connectivity index (χ1v) is 8.87. The zero-order chi connectivity index (χ0) is 18.8. The quantitative estimate of drug-likeness (QED) is 0.684. The highest BCUT2D eigenvalue weighted by molar-refractivity contribution is 7.16. The van der Waals surface area contributed by atoms with Gasteiger partial charge in [-0.2, -0.15) is 10.1 Å². The summed E-state index contributed by atoms with van der Waals surface area (Å²) >= 11 is 1.06. The number of amides is 1. The summed E-state index contributed by atoms with van der Waals surface area (Å²) in [6, 6.07) is 3.71. The third kappa shape index (κ3) is 3.45. The van der Waals surface area contributed by atoms with E-state index in [1.165, 1.54) is 17.7 Å². The first-order valence-electron chi connectivity index (χ1n) is 8.05. The first-order chi connectivity index (χ1) is 12.4. The maximum atomic E-state index is 14.3. The van der Waals surface area contributed by atoms with Crippen molar-refractivity contribution in [3.05, 3.63) is 46.0 Å². The number of hydrogen-bond donors (Lipinski definition) is 0. The number of benzene rings is 1.